The number of nitrogens with zero attached hydrogens (tertiary/aromatic N) is 3. The number of Topliss-reactive ketones (excluding diaryl/α,β-unsaturated/α-hetero) is 1. The normalized spacial score (nSPS) is 26.3. The van der Waals surface area contributed by atoms with Crippen molar-refractivity contribution in [1.82, 2.24) is 0 Å². The van der Waals surface area contributed by atoms with E-state index in [0.29, 0.717) is 6.42 Å². The maximum Gasteiger partial charge on any atom is 0.143 e. The Morgan fingerprint density at radius 3 is 2.71 bits per heavy atom. The van der Waals surface area contributed by atoms with Gasteiger partial charge in [0.2, 0.25) is 0 Å². The highest BCUT2D eigenvalue weighted by Crippen LogP contribution is 2.17. The van der Waals surface area contributed by atoms with Crippen LogP contribution in [0.2, 0.25) is 0 Å². The molecule has 1 aliphatic rings. The monoisotopic (exact) mass is 97.0 g/mol. The number of carbonyl (C=O) groups excluding carboxylic acids is 1. The Labute approximate surface area is 39.8 Å². The molecule has 1 aliphatic carbocycles. The molecule has 0 amide bonds. The van der Waals surface area contributed by atoms with E-state index in [1.807, 2.05) is 0 Å². The third-order valence-electron chi connectivity index (χ3n) is 0.797. The number of rotatable bonds is 1. The molecule has 0 bridgehead atoms. The molecule has 4 nitrogen and oxygen atoms in total. The summed E-state index contributed by atoms with van der Waals surface area (Å²) in [6.45, 7) is 0. The fourth-order valence-corrected chi connectivity index (χ4v) is 0.299. The summed E-state index contributed by atoms with van der Waals surface area (Å²) in [6.07, 6.45) is 0.448. The molecule has 0 aliphatic heterocycles. The van der Waals surface area contributed by atoms with E-state index < -0.39 is 0 Å². The quantitative estimate of drug-likeness (QED) is 0.269. The summed E-state index contributed by atoms with van der Waals surface area (Å²) in [6, 6.07) is -0.315. The van der Waals surface area contributed by atoms with Crippen LogP contribution in [0, 0.1) is 0 Å². The van der Waals surface area contributed by atoms with E-state index in [-0.39, 0.29) is 11.8 Å². The predicted molar refractivity (Wildman–Crippen MR) is 22.6 cm³/mol. The fourth-order valence-electron chi connectivity index (χ4n) is 0.299. The topological polar surface area (TPSA) is 65.8 Å². The van der Waals surface area contributed by atoms with Crippen molar-refractivity contribution in [2.45, 2.75) is 12.5 Å². The second kappa shape index (κ2) is 1.24. The van der Waals surface area contributed by atoms with E-state index in [4.69, 9.17) is 5.53 Å². The van der Waals surface area contributed by atoms with Gasteiger partial charge < -0.3 is 0 Å². The minimum absolute atomic E-state index is 0.0535. The minimum atomic E-state index is -0.315. The Hall–Kier alpha value is -1.02. The second-order valence-electron chi connectivity index (χ2n) is 1.39. The van der Waals surface area contributed by atoms with E-state index in [1.165, 1.54) is 0 Å². The van der Waals surface area contributed by atoms with E-state index in [9.17, 15) is 4.79 Å². The van der Waals surface area contributed by atoms with Crippen molar-refractivity contribution >= 4 is 5.78 Å². The average Bonchev–Trinajstić information content (AvgIpc) is 2.22. The summed E-state index contributed by atoms with van der Waals surface area (Å²) in [5.41, 5.74) is 7.70. The Kier molecular flexibility index (Phi) is 0.734. The lowest BCUT2D eigenvalue weighted by atomic mass is 10.8. The van der Waals surface area contributed by atoms with Crippen molar-refractivity contribution in [2.75, 3.05) is 0 Å². The standard InChI is InChI=1S/C3H3N3O/c4-6-5-2-1-3(2)7/h2H,1H2. The molecule has 1 rings (SSSR count). The number of hydrogen-bond donors (Lipinski definition) is 0. The second-order valence-corrected chi connectivity index (χ2v) is 1.39. The first-order valence-electron chi connectivity index (χ1n) is 1.91. The summed E-state index contributed by atoms with van der Waals surface area (Å²) in [7, 11) is 0. The first-order chi connectivity index (χ1) is 3.34. The van der Waals surface area contributed by atoms with E-state index in [1.54, 1.807) is 0 Å². The largest absolute Gasteiger partial charge is 0.299 e. The highest BCUT2D eigenvalue weighted by Gasteiger charge is 2.32. The van der Waals surface area contributed by atoms with Gasteiger partial charge in [0.1, 0.15) is 11.8 Å². The fraction of sp³-hybridized carbons (Fsp3) is 0.667. The van der Waals surface area contributed by atoms with Gasteiger partial charge in [-0.15, -0.1) is 0 Å². The molecule has 4 heteroatoms. The zero-order chi connectivity index (χ0) is 5.28. The average molecular weight is 97.1 g/mol. The summed E-state index contributed by atoms with van der Waals surface area (Å²) in [5.74, 6) is 0.0535. The molecule has 0 heterocycles. The molecule has 0 radical (unpaired) electrons. The number of carbonyl (C=O) groups is 1. The lowest BCUT2D eigenvalue weighted by Gasteiger charge is -1.60. The first-order valence-corrected chi connectivity index (χ1v) is 1.91. The zero-order valence-electron chi connectivity index (χ0n) is 3.53. The van der Waals surface area contributed by atoms with Crippen LogP contribution in [-0.2, 0) is 4.79 Å². The van der Waals surface area contributed by atoms with Crippen molar-refractivity contribution in [3.05, 3.63) is 10.4 Å². The predicted octanol–water partition coefficient (Wildman–Crippen LogP) is 0.638. The Morgan fingerprint density at radius 2 is 2.57 bits per heavy atom. The molecule has 1 atom stereocenters. The highest BCUT2D eigenvalue weighted by molar-refractivity contribution is 6.00. The van der Waals surface area contributed by atoms with Gasteiger partial charge in [-0.3, -0.25) is 4.79 Å². The van der Waals surface area contributed by atoms with Crippen LogP contribution in [0.25, 0.3) is 10.4 Å². The van der Waals surface area contributed by atoms with Crippen LogP contribution in [0.5, 0.6) is 0 Å². The third kappa shape index (κ3) is 0.694. The van der Waals surface area contributed by atoms with Crippen LogP contribution in [0.1, 0.15) is 6.42 Å². The van der Waals surface area contributed by atoms with Crippen LogP contribution in [-0.4, -0.2) is 11.8 Å². The van der Waals surface area contributed by atoms with E-state index >= 15 is 0 Å². The zero-order valence-corrected chi connectivity index (χ0v) is 3.53. The summed E-state index contributed by atoms with van der Waals surface area (Å²) < 4.78 is 0. The van der Waals surface area contributed by atoms with Crippen molar-refractivity contribution in [3.63, 3.8) is 0 Å². The molecule has 0 saturated heterocycles. The maximum atomic E-state index is 10.0. The molecule has 1 unspecified atom stereocenters. The highest BCUT2D eigenvalue weighted by atomic mass is 16.1. The Balaban J connectivity index is 2.48. The molecule has 7 heavy (non-hydrogen) atoms. The smallest absolute Gasteiger partial charge is 0.143 e. The summed E-state index contributed by atoms with van der Waals surface area (Å²) in [5, 5.41) is 3.15. The third-order valence-corrected chi connectivity index (χ3v) is 0.797. The van der Waals surface area contributed by atoms with Gasteiger partial charge in [0.05, 0.1) is 0 Å². The molecule has 1 saturated carbocycles. The van der Waals surface area contributed by atoms with Gasteiger partial charge in [0, 0.05) is 11.3 Å². The summed E-state index contributed by atoms with van der Waals surface area (Å²) >= 11 is 0. The van der Waals surface area contributed by atoms with E-state index in [0.717, 1.165) is 0 Å². The molecule has 0 aromatic rings. The van der Waals surface area contributed by atoms with E-state index in [2.05, 4.69) is 10.0 Å². The van der Waals surface area contributed by atoms with Crippen molar-refractivity contribution < 1.29 is 4.79 Å². The van der Waals surface area contributed by atoms with Crippen LogP contribution in [0.4, 0.5) is 0 Å². The van der Waals surface area contributed by atoms with Crippen molar-refractivity contribution in [3.8, 4) is 0 Å². The van der Waals surface area contributed by atoms with Crippen LogP contribution in [0.15, 0.2) is 5.11 Å². The summed E-state index contributed by atoms with van der Waals surface area (Å²) in [4.78, 5) is 12.5. The van der Waals surface area contributed by atoms with Gasteiger partial charge in [0.15, 0.2) is 0 Å². The van der Waals surface area contributed by atoms with Crippen LogP contribution in [0.3, 0.4) is 0 Å². The van der Waals surface area contributed by atoms with Gasteiger partial charge in [-0.25, -0.2) is 0 Å². The van der Waals surface area contributed by atoms with Gasteiger partial charge in [-0.1, -0.05) is 5.11 Å². The van der Waals surface area contributed by atoms with Crippen molar-refractivity contribution in [2.24, 2.45) is 5.11 Å². The number of azide groups is 1. The molecule has 36 valence electrons. The lowest BCUT2D eigenvalue weighted by molar-refractivity contribution is -0.110. The molecule has 0 aromatic heterocycles. The Morgan fingerprint density at radius 1 is 2.00 bits per heavy atom. The Bertz CT molecular complexity index is 146. The first kappa shape index (κ1) is 4.15. The van der Waals surface area contributed by atoms with Crippen LogP contribution < -0.4 is 0 Å². The molecule has 0 N–H and O–H groups in total. The van der Waals surface area contributed by atoms with Gasteiger partial charge in [-0.05, 0) is 5.53 Å². The molecular weight excluding hydrogens is 94.1 g/mol. The number of hydrogen-bond acceptors (Lipinski definition) is 2. The maximum absolute atomic E-state index is 10.0. The van der Waals surface area contributed by atoms with Gasteiger partial charge in [0.25, 0.3) is 0 Å². The van der Waals surface area contributed by atoms with Gasteiger partial charge >= 0.3 is 0 Å². The SMILES string of the molecule is [N-]=[N+]=NC1CC1=O. The van der Waals surface area contributed by atoms with Crippen LogP contribution >= 0.6 is 0 Å². The minimum Gasteiger partial charge on any atom is -0.299 e. The van der Waals surface area contributed by atoms with Crippen molar-refractivity contribution in [1.29, 1.82) is 0 Å². The lowest BCUT2D eigenvalue weighted by Crippen LogP contribution is -1.72. The number of ketones is 1. The molecule has 0 spiro atoms. The van der Waals surface area contributed by atoms with Gasteiger partial charge in [-0.2, -0.15) is 0 Å². The molecule has 1 fully saturated rings. The molecular formula is C3H3N3O. The molecule has 0 aromatic carbocycles.